The summed E-state index contributed by atoms with van der Waals surface area (Å²) < 4.78 is 1.98. The molecule has 0 amide bonds. The van der Waals surface area contributed by atoms with Gasteiger partial charge in [-0.3, -0.25) is 4.79 Å². The molecule has 0 radical (unpaired) electrons. The summed E-state index contributed by atoms with van der Waals surface area (Å²) >= 11 is 1.84. The van der Waals surface area contributed by atoms with E-state index in [2.05, 4.69) is 22.6 Å². The molecule has 0 bridgehead atoms. The molecule has 1 unspecified atom stereocenters. The van der Waals surface area contributed by atoms with E-state index in [1.165, 1.54) is 28.8 Å². The normalized spacial score (nSPS) is 21.5. The molecule has 1 N–H and O–H groups in total. The molecule has 112 valence electrons. The van der Waals surface area contributed by atoms with Crippen molar-refractivity contribution < 1.29 is 4.90 Å². The molecule has 4 nitrogen and oxygen atoms in total. The number of nitrogens with one attached hydrogen (secondary N) is 1. The number of hydrogen-bond acceptors (Lipinski definition) is 3. The largest absolute Gasteiger partial charge is 0.310 e. The highest BCUT2D eigenvalue weighted by atomic mass is 32.1. The minimum absolute atomic E-state index is 0.00178. The van der Waals surface area contributed by atoms with Crippen LogP contribution < -0.4 is 10.3 Å². The fraction of sp³-hybridized carbons (Fsp3) is 0.294. The predicted molar refractivity (Wildman–Crippen MR) is 88.1 cm³/mol. The maximum Gasteiger partial charge on any atom is 0.207 e. The van der Waals surface area contributed by atoms with E-state index in [1.54, 1.807) is 0 Å². The van der Waals surface area contributed by atoms with E-state index in [0.29, 0.717) is 6.04 Å². The second-order valence-corrected chi connectivity index (χ2v) is 6.78. The predicted octanol–water partition coefficient (Wildman–Crippen LogP) is 1.84. The van der Waals surface area contributed by atoms with Gasteiger partial charge in [-0.2, -0.15) is 5.10 Å². The minimum atomic E-state index is -0.00178. The summed E-state index contributed by atoms with van der Waals surface area (Å²) in [4.78, 5) is 14.9. The SMILES string of the molecule is O=c1cnn(C[NH+]2CCC[C@@H]2c2cccs2)c2ccccc12. The van der Waals surface area contributed by atoms with Gasteiger partial charge in [0.15, 0.2) is 6.67 Å². The van der Waals surface area contributed by atoms with E-state index in [9.17, 15) is 4.79 Å². The summed E-state index contributed by atoms with van der Waals surface area (Å²) in [5.41, 5.74) is 0.928. The molecular formula is C17H18N3OS+. The number of benzene rings is 1. The van der Waals surface area contributed by atoms with E-state index < -0.39 is 0 Å². The molecule has 22 heavy (non-hydrogen) atoms. The fourth-order valence-corrected chi connectivity index (χ4v) is 4.33. The Hall–Kier alpha value is -1.98. The molecule has 5 heteroatoms. The topological polar surface area (TPSA) is 39.3 Å². The zero-order chi connectivity index (χ0) is 14.9. The maximum atomic E-state index is 11.9. The van der Waals surface area contributed by atoms with Crippen LogP contribution in [0.2, 0.25) is 0 Å². The molecule has 0 spiro atoms. The second kappa shape index (κ2) is 5.66. The van der Waals surface area contributed by atoms with Crippen molar-refractivity contribution in [3.8, 4) is 0 Å². The molecule has 1 aliphatic heterocycles. The summed E-state index contributed by atoms with van der Waals surface area (Å²) in [5, 5.41) is 7.28. The Morgan fingerprint density at radius 1 is 1.27 bits per heavy atom. The van der Waals surface area contributed by atoms with Crippen LogP contribution >= 0.6 is 11.3 Å². The van der Waals surface area contributed by atoms with E-state index in [1.807, 2.05) is 40.3 Å². The first-order valence-corrected chi connectivity index (χ1v) is 8.54. The number of likely N-dealkylation sites (tertiary alicyclic amines) is 1. The first-order chi connectivity index (χ1) is 10.8. The highest BCUT2D eigenvalue weighted by molar-refractivity contribution is 7.10. The van der Waals surface area contributed by atoms with Crippen LogP contribution in [0.3, 0.4) is 0 Å². The van der Waals surface area contributed by atoms with Crippen molar-refractivity contribution in [2.45, 2.75) is 25.6 Å². The van der Waals surface area contributed by atoms with Crippen molar-refractivity contribution in [3.05, 3.63) is 63.1 Å². The molecule has 1 aliphatic rings. The third-order valence-corrected chi connectivity index (χ3v) is 5.47. The lowest BCUT2D eigenvalue weighted by Crippen LogP contribution is -3.09. The first-order valence-electron chi connectivity index (χ1n) is 7.66. The Morgan fingerprint density at radius 2 is 2.18 bits per heavy atom. The highest BCUT2D eigenvalue weighted by Crippen LogP contribution is 2.23. The molecule has 1 fully saturated rings. The van der Waals surface area contributed by atoms with Gasteiger partial charge in [0.05, 0.1) is 23.1 Å². The van der Waals surface area contributed by atoms with Crippen LogP contribution in [0, 0.1) is 0 Å². The highest BCUT2D eigenvalue weighted by Gasteiger charge is 2.31. The summed E-state index contributed by atoms with van der Waals surface area (Å²) in [6.07, 6.45) is 3.92. The van der Waals surface area contributed by atoms with Crippen LogP contribution in [0.5, 0.6) is 0 Å². The second-order valence-electron chi connectivity index (χ2n) is 5.80. The Morgan fingerprint density at radius 3 is 3.05 bits per heavy atom. The number of rotatable bonds is 3. The van der Waals surface area contributed by atoms with Crippen molar-refractivity contribution in [3.63, 3.8) is 0 Å². The molecule has 3 heterocycles. The van der Waals surface area contributed by atoms with Gasteiger partial charge in [0.1, 0.15) is 6.04 Å². The molecule has 1 saturated heterocycles. The van der Waals surface area contributed by atoms with Crippen LogP contribution in [0.1, 0.15) is 23.8 Å². The third kappa shape index (κ3) is 2.36. The van der Waals surface area contributed by atoms with E-state index in [4.69, 9.17) is 0 Å². The number of fused-ring (bicyclic) bond motifs is 1. The zero-order valence-electron chi connectivity index (χ0n) is 12.2. The van der Waals surface area contributed by atoms with E-state index >= 15 is 0 Å². The van der Waals surface area contributed by atoms with Gasteiger partial charge in [0, 0.05) is 18.2 Å². The summed E-state index contributed by atoms with van der Waals surface area (Å²) in [7, 11) is 0. The summed E-state index contributed by atoms with van der Waals surface area (Å²) in [6, 6.07) is 12.7. The number of aromatic nitrogens is 2. The molecule has 3 aromatic rings. The van der Waals surface area contributed by atoms with Gasteiger partial charge in [-0.05, 0) is 23.6 Å². The molecule has 4 rings (SSSR count). The summed E-state index contributed by atoms with van der Waals surface area (Å²) in [6.45, 7) is 1.97. The molecular weight excluding hydrogens is 294 g/mol. The Balaban J connectivity index is 1.69. The molecule has 1 aromatic carbocycles. The Labute approximate surface area is 132 Å². The maximum absolute atomic E-state index is 11.9. The first kappa shape index (κ1) is 13.7. The van der Waals surface area contributed by atoms with Crippen molar-refractivity contribution in [1.29, 1.82) is 0 Å². The third-order valence-electron chi connectivity index (χ3n) is 4.48. The van der Waals surface area contributed by atoms with Gasteiger partial charge in [-0.15, -0.1) is 11.3 Å². The number of para-hydroxylation sites is 1. The van der Waals surface area contributed by atoms with Crippen LogP contribution in [-0.2, 0) is 6.67 Å². The quantitative estimate of drug-likeness (QED) is 0.801. The van der Waals surface area contributed by atoms with Gasteiger partial charge >= 0.3 is 0 Å². The zero-order valence-corrected chi connectivity index (χ0v) is 13.1. The van der Waals surface area contributed by atoms with Crippen molar-refractivity contribution in [2.24, 2.45) is 0 Å². The lowest BCUT2D eigenvalue weighted by molar-refractivity contribution is -0.940. The Kier molecular flexibility index (Phi) is 3.52. The van der Waals surface area contributed by atoms with Gasteiger partial charge < -0.3 is 4.90 Å². The average Bonchev–Trinajstić information content (AvgIpc) is 3.21. The van der Waals surface area contributed by atoms with Crippen LogP contribution in [-0.4, -0.2) is 16.3 Å². The number of thiophene rings is 1. The standard InChI is InChI=1S/C17H17N3OS/c21-16-11-18-20(14-6-2-1-5-13(14)16)12-19-9-3-7-15(19)17-8-4-10-22-17/h1-2,4-6,8,10-11,15H,3,7,9,12H2/p+1/t15-/m1/s1. The van der Waals surface area contributed by atoms with Crippen molar-refractivity contribution in [1.82, 2.24) is 9.78 Å². The number of quaternary nitrogens is 1. The van der Waals surface area contributed by atoms with Gasteiger partial charge in [-0.25, -0.2) is 4.68 Å². The monoisotopic (exact) mass is 312 g/mol. The summed E-state index contributed by atoms with van der Waals surface area (Å²) in [5.74, 6) is 0. The van der Waals surface area contributed by atoms with Gasteiger partial charge in [0.2, 0.25) is 5.43 Å². The minimum Gasteiger partial charge on any atom is -0.310 e. The smallest absolute Gasteiger partial charge is 0.207 e. The lowest BCUT2D eigenvalue weighted by Gasteiger charge is -2.21. The van der Waals surface area contributed by atoms with Crippen LogP contribution in [0.15, 0.2) is 52.8 Å². The lowest BCUT2D eigenvalue weighted by atomic mass is 10.2. The number of hydrogen-bond donors (Lipinski definition) is 1. The molecule has 0 aliphatic carbocycles. The number of nitrogens with zero attached hydrogens (tertiary/aromatic N) is 2. The van der Waals surface area contributed by atoms with Crippen LogP contribution in [0.4, 0.5) is 0 Å². The molecule has 2 atom stereocenters. The molecule has 0 saturated carbocycles. The van der Waals surface area contributed by atoms with Crippen LogP contribution in [0.25, 0.3) is 10.9 Å². The fourth-order valence-electron chi connectivity index (χ4n) is 3.41. The van der Waals surface area contributed by atoms with Gasteiger partial charge in [0.25, 0.3) is 0 Å². The Bertz CT molecular complexity index is 840. The molecule has 2 aromatic heterocycles. The van der Waals surface area contributed by atoms with E-state index in [-0.39, 0.29) is 5.43 Å². The van der Waals surface area contributed by atoms with Crippen molar-refractivity contribution >= 4 is 22.2 Å². The average molecular weight is 312 g/mol. The van der Waals surface area contributed by atoms with Gasteiger partial charge in [-0.1, -0.05) is 18.2 Å². The van der Waals surface area contributed by atoms with E-state index in [0.717, 1.165) is 24.1 Å². The van der Waals surface area contributed by atoms with Crippen molar-refractivity contribution in [2.75, 3.05) is 6.54 Å².